The molecule has 2 aliphatic heterocycles. The molecule has 0 aliphatic carbocycles. The summed E-state index contributed by atoms with van der Waals surface area (Å²) in [4.78, 5) is 30.6. The van der Waals surface area contributed by atoms with Gasteiger partial charge in [-0.15, -0.1) is 12.4 Å². The molecule has 152 valence electrons. The molecular weight excluding hydrogens is 387 g/mol. The number of carboxylic acid groups (broad SMARTS) is 1. The van der Waals surface area contributed by atoms with Crippen molar-refractivity contribution in [3.8, 4) is 0 Å². The molecule has 0 unspecified atom stereocenters. The van der Waals surface area contributed by atoms with Crippen molar-refractivity contribution in [3.63, 3.8) is 0 Å². The van der Waals surface area contributed by atoms with Gasteiger partial charge in [-0.05, 0) is 40.2 Å². The zero-order valence-corrected chi connectivity index (χ0v) is 17.1. The van der Waals surface area contributed by atoms with Gasteiger partial charge in [0.15, 0.2) is 11.6 Å². The van der Waals surface area contributed by atoms with Crippen molar-refractivity contribution in [2.24, 2.45) is 0 Å². The molecule has 2 fully saturated rings. The summed E-state index contributed by atoms with van der Waals surface area (Å²) < 4.78 is 16.6. The Morgan fingerprint density at radius 2 is 2.11 bits per heavy atom. The van der Waals surface area contributed by atoms with Crippen LogP contribution in [0.1, 0.15) is 44.5 Å². The van der Waals surface area contributed by atoms with Gasteiger partial charge in [0.1, 0.15) is 11.2 Å². The van der Waals surface area contributed by atoms with Crippen molar-refractivity contribution in [2.75, 3.05) is 18.0 Å². The lowest BCUT2D eigenvalue weighted by molar-refractivity contribution is 0.0694. The second-order valence-corrected chi connectivity index (χ2v) is 8.77. The number of anilines is 1. The number of fused-ring (bicyclic) bond motifs is 3. The first-order valence-corrected chi connectivity index (χ1v) is 9.02. The molecule has 0 amide bonds. The van der Waals surface area contributed by atoms with Crippen LogP contribution in [-0.2, 0) is 5.54 Å². The molecule has 2 aromatic rings. The zero-order chi connectivity index (χ0) is 19.7. The molecule has 0 saturated carbocycles. The van der Waals surface area contributed by atoms with Gasteiger partial charge in [-0.3, -0.25) is 4.79 Å². The number of hydrogen-bond acceptors (Lipinski definition) is 5. The lowest BCUT2D eigenvalue weighted by atomic mass is 10.0. The molecule has 2 aromatic heterocycles. The van der Waals surface area contributed by atoms with E-state index in [4.69, 9.17) is 0 Å². The molecule has 2 saturated heterocycles. The molecule has 0 spiro atoms. The third kappa shape index (κ3) is 2.95. The normalized spacial score (nSPS) is 23.9. The van der Waals surface area contributed by atoms with Crippen LogP contribution in [0.3, 0.4) is 0 Å². The van der Waals surface area contributed by atoms with Gasteiger partial charge in [0.2, 0.25) is 5.43 Å². The number of nitrogens with zero attached hydrogens (tertiary/aromatic N) is 3. The molecule has 4 heterocycles. The van der Waals surface area contributed by atoms with Gasteiger partial charge in [-0.1, -0.05) is 0 Å². The van der Waals surface area contributed by atoms with Crippen LogP contribution in [0.5, 0.6) is 0 Å². The van der Waals surface area contributed by atoms with E-state index in [9.17, 15) is 19.1 Å². The van der Waals surface area contributed by atoms with E-state index < -0.39 is 22.8 Å². The molecule has 2 bridgehead atoms. The van der Waals surface area contributed by atoms with E-state index in [0.29, 0.717) is 18.2 Å². The third-order valence-corrected chi connectivity index (χ3v) is 5.63. The van der Waals surface area contributed by atoms with Gasteiger partial charge in [-0.25, -0.2) is 14.2 Å². The minimum absolute atomic E-state index is 0. The zero-order valence-electron chi connectivity index (χ0n) is 16.2. The highest BCUT2D eigenvalue weighted by Crippen LogP contribution is 2.38. The number of aromatic carboxylic acids is 1. The van der Waals surface area contributed by atoms with Gasteiger partial charge in [0, 0.05) is 30.9 Å². The van der Waals surface area contributed by atoms with Gasteiger partial charge in [0.25, 0.3) is 0 Å². The Morgan fingerprint density at radius 3 is 2.61 bits per heavy atom. The summed E-state index contributed by atoms with van der Waals surface area (Å²) in [7, 11) is 0. The number of nitrogens with one attached hydrogen (secondary N) is 1. The fourth-order valence-corrected chi connectivity index (χ4v) is 4.22. The van der Waals surface area contributed by atoms with Gasteiger partial charge < -0.3 is 19.9 Å². The Balaban J connectivity index is 0.00000225. The lowest BCUT2D eigenvalue weighted by Gasteiger charge is -2.37. The molecule has 2 N–H and O–H groups in total. The highest BCUT2D eigenvalue weighted by atomic mass is 35.5. The number of aromatic nitrogens is 2. The first kappa shape index (κ1) is 20.5. The summed E-state index contributed by atoms with van der Waals surface area (Å²) in [6.45, 7) is 9.13. The number of rotatable bonds is 2. The number of piperazine rings is 1. The van der Waals surface area contributed by atoms with Gasteiger partial charge in [-0.2, -0.15) is 0 Å². The summed E-state index contributed by atoms with van der Waals surface area (Å²) in [5, 5.41) is 12.8. The number of hydrogen-bond donors (Lipinski definition) is 2. The Kier molecular flexibility index (Phi) is 4.71. The SMILES string of the molecule is CC(C)(C)n1cc(C(=O)O)c(=O)c2cc(F)c(N3C[C@H]4C[C@]3(C)CN4)nc21.Cl. The van der Waals surface area contributed by atoms with Crippen molar-refractivity contribution in [2.45, 2.75) is 51.2 Å². The molecule has 0 radical (unpaired) electrons. The van der Waals surface area contributed by atoms with E-state index in [1.807, 2.05) is 25.7 Å². The van der Waals surface area contributed by atoms with E-state index in [-0.39, 0.29) is 34.7 Å². The summed E-state index contributed by atoms with van der Waals surface area (Å²) >= 11 is 0. The number of carboxylic acids is 1. The largest absolute Gasteiger partial charge is 0.477 e. The van der Waals surface area contributed by atoms with E-state index in [0.717, 1.165) is 19.0 Å². The Hall–Kier alpha value is -2.19. The lowest BCUT2D eigenvalue weighted by Crippen LogP contribution is -2.51. The Labute approximate surface area is 168 Å². The van der Waals surface area contributed by atoms with Crippen LogP contribution in [0.25, 0.3) is 11.0 Å². The number of carbonyl (C=O) groups is 1. The Morgan fingerprint density at radius 1 is 1.43 bits per heavy atom. The highest BCUT2D eigenvalue weighted by Gasteiger charge is 2.48. The highest BCUT2D eigenvalue weighted by molar-refractivity contribution is 5.92. The summed E-state index contributed by atoms with van der Waals surface area (Å²) in [5.74, 6) is -1.72. The molecule has 7 nitrogen and oxygen atoms in total. The predicted molar refractivity (Wildman–Crippen MR) is 107 cm³/mol. The van der Waals surface area contributed by atoms with Crippen molar-refractivity contribution in [3.05, 3.63) is 33.9 Å². The molecule has 4 rings (SSSR count). The second kappa shape index (κ2) is 6.42. The average molecular weight is 411 g/mol. The predicted octanol–water partition coefficient (Wildman–Crippen LogP) is 2.35. The fourth-order valence-electron chi connectivity index (χ4n) is 4.22. The second-order valence-electron chi connectivity index (χ2n) is 8.77. The van der Waals surface area contributed by atoms with Crippen LogP contribution in [-0.4, -0.2) is 45.3 Å². The summed E-state index contributed by atoms with van der Waals surface area (Å²) in [6.07, 6.45) is 2.22. The summed E-state index contributed by atoms with van der Waals surface area (Å²) in [5.41, 5.74) is -1.56. The standard InChI is InChI=1S/C19H23FN4O3.ClH/c1-18(2,3)23-8-12(17(26)27)14(25)11-5-13(20)16(22-15(11)23)24-7-10-6-19(24,4)9-21-10;/h5,8,10,21H,6-7,9H2,1-4H3,(H,26,27);1H/t10-,19-;/m1./s1. The minimum Gasteiger partial charge on any atom is -0.477 e. The van der Waals surface area contributed by atoms with Crippen LogP contribution >= 0.6 is 12.4 Å². The fraction of sp³-hybridized carbons (Fsp3) is 0.526. The summed E-state index contributed by atoms with van der Waals surface area (Å²) in [6, 6.07) is 1.43. The third-order valence-electron chi connectivity index (χ3n) is 5.63. The molecule has 28 heavy (non-hydrogen) atoms. The first-order chi connectivity index (χ1) is 12.5. The van der Waals surface area contributed by atoms with Crippen LogP contribution < -0.4 is 15.6 Å². The monoisotopic (exact) mass is 410 g/mol. The van der Waals surface area contributed by atoms with Gasteiger partial charge in [0.05, 0.1) is 10.9 Å². The molecule has 2 atom stereocenters. The van der Waals surface area contributed by atoms with Crippen molar-refractivity contribution in [1.29, 1.82) is 0 Å². The molecule has 2 aliphatic rings. The van der Waals surface area contributed by atoms with E-state index in [1.54, 1.807) is 4.57 Å². The number of halogens is 2. The Bertz CT molecular complexity index is 1030. The smallest absolute Gasteiger partial charge is 0.341 e. The van der Waals surface area contributed by atoms with E-state index >= 15 is 0 Å². The van der Waals surface area contributed by atoms with Gasteiger partial charge >= 0.3 is 5.97 Å². The van der Waals surface area contributed by atoms with E-state index in [1.165, 1.54) is 6.20 Å². The maximum absolute atomic E-state index is 15.0. The number of pyridine rings is 2. The van der Waals surface area contributed by atoms with Crippen LogP contribution in [0.15, 0.2) is 17.1 Å². The molecule has 9 heteroatoms. The first-order valence-electron chi connectivity index (χ1n) is 9.02. The topological polar surface area (TPSA) is 87.5 Å². The molecular formula is C19H24ClFN4O3. The van der Waals surface area contributed by atoms with Crippen LogP contribution in [0.2, 0.25) is 0 Å². The maximum Gasteiger partial charge on any atom is 0.341 e. The minimum atomic E-state index is -1.33. The van der Waals surface area contributed by atoms with Crippen molar-refractivity contribution >= 4 is 35.2 Å². The van der Waals surface area contributed by atoms with Crippen molar-refractivity contribution < 1.29 is 14.3 Å². The quantitative estimate of drug-likeness (QED) is 0.790. The van der Waals surface area contributed by atoms with Crippen LogP contribution in [0, 0.1) is 5.82 Å². The average Bonchev–Trinajstić information content (AvgIpc) is 3.09. The van der Waals surface area contributed by atoms with Crippen molar-refractivity contribution in [1.82, 2.24) is 14.9 Å². The van der Waals surface area contributed by atoms with E-state index in [2.05, 4.69) is 17.2 Å². The maximum atomic E-state index is 15.0. The van der Waals surface area contributed by atoms with Crippen LogP contribution in [0.4, 0.5) is 10.2 Å². The molecule has 0 aromatic carbocycles.